The van der Waals surface area contributed by atoms with Crippen LogP contribution in [0, 0.1) is 17.8 Å². The number of carboxylic acid groups (broad SMARTS) is 1. The van der Waals surface area contributed by atoms with Gasteiger partial charge in [0.1, 0.15) is 47.6 Å². The molecule has 30 nitrogen and oxygen atoms in total. The number of rotatable bonds is 28. The first-order chi connectivity index (χ1) is 47.6. The van der Waals surface area contributed by atoms with E-state index in [1.165, 1.54) is 48.5 Å². The van der Waals surface area contributed by atoms with Gasteiger partial charge in [-0.25, -0.2) is 14.4 Å². The van der Waals surface area contributed by atoms with E-state index in [9.17, 15) is 69.5 Å². The first kappa shape index (κ1) is 107. The second kappa shape index (κ2) is 55.7. The molecule has 0 aliphatic carbocycles. The van der Waals surface area contributed by atoms with Crippen molar-refractivity contribution in [2.75, 3.05) is 39.5 Å². The molecule has 3 aliphatic heterocycles. The number of aliphatic carboxylic acids is 1. The average Bonchev–Trinajstić information content (AvgIpc) is 0.812. The van der Waals surface area contributed by atoms with Gasteiger partial charge in [0.2, 0.25) is 30.3 Å². The first-order valence-corrected chi connectivity index (χ1v) is 34.4. The lowest BCUT2D eigenvalue weighted by Gasteiger charge is -2.44. The van der Waals surface area contributed by atoms with Crippen molar-refractivity contribution in [2.24, 2.45) is 17.8 Å². The molecule has 3 heterocycles. The summed E-state index contributed by atoms with van der Waals surface area (Å²) >= 11 is 0. The van der Waals surface area contributed by atoms with Gasteiger partial charge in [0.25, 0.3) is 0 Å². The van der Waals surface area contributed by atoms with E-state index in [1.54, 1.807) is 0 Å². The topological polar surface area (TPSA) is 418 Å². The van der Waals surface area contributed by atoms with E-state index in [2.05, 4.69) is 32.3 Å². The van der Waals surface area contributed by atoms with Gasteiger partial charge in [0, 0.05) is 99.1 Å². The van der Waals surface area contributed by atoms with Crippen molar-refractivity contribution >= 4 is 66.0 Å². The highest BCUT2D eigenvalue weighted by atomic mass is 19.4. The number of aliphatic hydroxyl groups is 1. The lowest BCUT2D eigenvalue weighted by atomic mass is 9.87. The predicted molar refractivity (Wildman–Crippen MR) is 372 cm³/mol. The van der Waals surface area contributed by atoms with Crippen LogP contribution in [0.15, 0.2) is 0 Å². The Hall–Kier alpha value is -6.73. The third kappa shape index (κ3) is 52.0. The number of esters is 4. The molecule has 0 aromatic heterocycles. The monoisotopic (exact) mass is 1540 g/mol. The van der Waals surface area contributed by atoms with Crippen LogP contribution in [0.1, 0.15) is 223 Å². The van der Waals surface area contributed by atoms with Gasteiger partial charge in [-0.1, -0.05) is 56.4 Å². The molecule has 15 atom stereocenters. The van der Waals surface area contributed by atoms with E-state index in [0.29, 0.717) is 32.7 Å². The minimum absolute atomic E-state index is 0. The Labute approximate surface area is 615 Å². The standard InChI is InChI=1S/C22H40N2O7.C17H32N2O5.C14H23NO6.C10H21NO3.C2HF3O2.C2HF3O.2CH4/c1-8-17-14(2)19(29-16(4)26)18(24-15(3)25)20(30-17)28-13-11-9-10-12-23-21(27)31-22(5,6)7;1-5-14-11(2)16(23-13(4)21)15(19-12(3)20)17(24-14)22-10-8-6-7-9-18;1-6-11-7(2)13(19-9(4)17)12(15-8(3)16)14(21-11)20-10(5)18;1-10(2,3)14-9(13)11-7-5-4-6-8-12;3-2(4,5)1(6)7;3-2(4,5)1-6;;/h14,17-20H,8-13H2,1-7H3,(H,23,27)(H,24,25);11,14-17H,5-10,18H2,1-4H3,(H,19,20);7,11-14H,6H2,1-5H3,(H,15,16);12H,4-8H2,1-3H3,(H,11,13);(H,6,7);1H;2*1H4/p+1/t14-,17+,18+,19-,20+;11-,14+,15+,16-,17+;7-,11+,12+,13-,14+;;;;;/m000...../s1. The van der Waals surface area contributed by atoms with Crippen LogP contribution in [-0.2, 0) is 95.3 Å². The lowest BCUT2D eigenvalue weighted by Crippen LogP contribution is -2.62. The van der Waals surface area contributed by atoms with Crippen molar-refractivity contribution in [3.05, 3.63) is 0 Å². The zero-order chi connectivity index (χ0) is 80.2. The fourth-order valence-electron chi connectivity index (χ4n) is 10.1. The van der Waals surface area contributed by atoms with E-state index >= 15 is 0 Å². The van der Waals surface area contributed by atoms with Crippen LogP contribution in [0.2, 0.25) is 0 Å². The van der Waals surface area contributed by atoms with Crippen molar-refractivity contribution in [1.82, 2.24) is 26.6 Å². The number of aldehydes is 1. The van der Waals surface area contributed by atoms with Crippen LogP contribution < -0.4 is 32.3 Å². The zero-order valence-corrected chi connectivity index (χ0v) is 63.3. The van der Waals surface area contributed by atoms with Crippen molar-refractivity contribution in [2.45, 2.75) is 321 Å². The summed E-state index contributed by atoms with van der Waals surface area (Å²) in [4.78, 5) is 121. The second-order valence-corrected chi connectivity index (χ2v) is 26.3. The lowest BCUT2D eigenvalue weighted by molar-refractivity contribution is -0.368. The second-order valence-electron chi connectivity index (χ2n) is 26.3. The number of alkyl halides is 6. The number of amides is 5. The third-order valence-corrected chi connectivity index (χ3v) is 14.5. The molecule has 0 radical (unpaired) electrons. The number of carboxylic acids is 1. The molecule has 0 bridgehead atoms. The summed E-state index contributed by atoms with van der Waals surface area (Å²) in [6.07, 6.45) is -5.75. The summed E-state index contributed by atoms with van der Waals surface area (Å²) in [6.45, 7) is 35.4. The Kier molecular flexibility index (Phi) is 56.7. The number of aliphatic hydroxyl groups excluding tert-OH is 1. The van der Waals surface area contributed by atoms with Gasteiger partial charge in [0.05, 0.1) is 24.9 Å². The normalized spacial score (nSPS) is 23.9. The molecule has 618 valence electrons. The van der Waals surface area contributed by atoms with Gasteiger partial charge >= 0.3 is 54.4 Å². The van der Waals surface area contributed by atoms with Crippen molar-refractivity contribution in [1.29, 1.82) is 0 Å². The number of unbranched alkanes of at least 4 members (excludes halogenated alkanes) is 6. The summed E-state index contributed by atoms with van der Waals surface area (Å²) in [5.74, 6) is -5.51. The van der Waals surface area contributed by atoms with Crippen LogP contribution >= 0.6 is 0 Å². The van der Waals surface area contributed by atoms with Crippen molar-refractivity contribution in [3.63, 3.8) is 0 Å². The van der Waals surface area contributed by atoms with Gasteiger partial charge in [-0.15, -0.1) is 0 Å². The van der Waals surface area contributed by atoms with Crippen LogP contribution in [0.4, 0.5) is 35.9 Å². The number of hydrogen-bond donors (Lipinski definition) is 8. The molecular formula is C69H127F6N6O24+. The van der Waals surface area contributed by atoms with Crippen LogP contribution in [0.5, 0.6) is 0 Å². The fraction of sp³-hybridized carbons (Fsp3) is 0.841. The van der Waals surface area contributed by atoms with E-state index in [4.69, 9.17) is 71.9 Å². The smallest absolute Gasteiger partial charge is 0.475 e. The molecule has 0 spiro atoms. The number of hydrogen-bond acceptors (Lipinski definition) is 23. The highest BCUT2D eigenvalue weighted by Crippen LogP contribution is 2.34. The molecular weight excluding hydrogens is 1410 g/mol. The predicted octanol–water partition coefficient (Wildman–Crippen LogP) is 8.61. The molecule has 3 fully saturated rings. The van der Waals surface area contributed by atoms with E-state index < -0.39 is 115 Å². The highest BCUT2D eigenvalue weighted by Gasteiger charge is 2.49. The quantitative estimate of drug-likeness (QED) is 0.0119. The molecule has 5 amide bonds. The Bertz CT molecular complexity index is 2510. The van der Waals surface area contributed by atoms with Gasteiger partial charge in [0.15, 0.2) is 12.6 Å². The summed E-state index contributed by atoms with van der Waals surface area (Å²) < 4.78 is 124. The minimum atomic E-state index is -5.08. The Morgan fingerprint density at radius 3 is 0.981 bits per heavy atom. The SMILES string of the molecule is C.C.CC(C)(C)OC(=O)NCCCCCO.CC[C@H]1O[C@@H](OC(C)=O)[C@H](NC(C)=O)[C@@H](OC(C)=O)[C@H]1C.CC[C@H]1O[C@@H](OCCCCCNC(=O)OC(C)(C)C)[C@H](NC(C)=O)[C@@H](OC(C)=O)[C@H]1C.CC[C@H]1O[C@@H](OCCCCC[NH3+])[C@H](NC(C)=O)[C@@H](OC(C)=O)[C@H]1C.O=C(O)C(F)(F)F.O=CC(F)(F)F. The number of halogens is 6. The van der Waals surface area contributed by atoms with Crippen LogP contribution in [0.3, 0.4) is 0 Å². The number of quaternary nitrogens is 1. The maximum atomic E-state index is 11.7. The summed E-state index contributed by atoms with van der Waals surface area (Å²) in [6, 6.07) is -1.81. The van der Waals surface area contributed by atoms with Crippen molar-refractivity contribution in [3.8, 4) is 0 Å². The molecule has 105 heavy (non-hydrogen) atoms. The Morgan fingerprint density at radius 2 is 0.743 bits per heavy atom. The fourth-order valence-corrected chi connectivity index (χ4v) is 10.1. The van der Waals surface area contributed by atoms with Crippen LogP contribution in [-0.4, -0.2) is 213 Å². The first-order valence-electron chi connectivity index (χ1n) is 34.4. The molecule has 3 saturated heterocycles. The summed E-state index contributed by atoms with van der Waals surface area (Å²) in [5.41, 5.74) is 2.87. The van der Waals surface area contributed by atoms with Gasteiger partial charge in [-0.05, 0) is 119 Å². The molecule has 0 aromatic rings. The summed E-state index contributed by atoms with van der Waals surface area (Å²) in [7, 11) is 0. The Morgan fingerprint density at radius 1 is 0.467 bits per heavy atom. The highest BCUT2D eigenvalue weighted by molar-refractivity contribution is 5.75. The van der Waals surface area contributed by atoms with E-state index in [-0.39, 0.29) is 87.3 Å². The van der Waals surface area contributed by atoms with E-state index in [1.807, 2.05) is 83.1 Å². The third-order valence-electron chi connectivity index (χ3n) is 14.5. The molecule has 3 aliphatic rings. The number of carbonyl (C=O) groups is 11. The number of ether oxygens (including phenoxy) is 11. The maximum absolute atomic E-state index is 11.7. The number of carbonyl (C=O) groups excluding carboxylic acids is 10. The van der Waals surface area contributed by atoms with Crippen LogP contribution in [0.25, 0.3) is 0 Å². The number of alkyl carbamates (subject to hydrolysis) is 2. The molecule has 36 heteroatoms. The molecule has 3 rings (SSSR count). The maximum Gasteiger partial charge on any atom is 0.490 e. The molecule has 10 N–H and O–H groups in total. The van der Waals surface area contributed by atoms with Gasteiger partial charge in [-0.2, -0.15) is 26.3 Å². The van der Waals surface area contributed by atoms with E-state index in [0.717, 1.165) is 77.2 Å². The van der Waals surface area contributed by atoms with Crippen molar-refractivity contribution < 1.29 is 147 Å². The van der Waals surface area contributed by atoms with Gasteiger partial charge in [-0.3, -0.25) is 38.4 Å². The zero-order valence-electron chi connectivity index (χ0n) is 63.3. The molecule has 0 unspecified atom stereocenters. The largest absolute Gasteiger partial charge is 0.490 e. The Balaban J connectivity index is -0.000000407. The molecule has 0 aromatic carbocycles. The summed E-state index contributed by atoms with van der Waals surface area (Å²) in [5, 5.41) is 29.3. The average molecular weight is 1540 g/mol. The number of nitrogens with one attached hydrogen (secondary N) is 5. The molecule has 0 saturated carbocycles. The minimum Gasteiger partial charge on any atom is -0.475 e. The van der Waals surface area contributed by atoms with Gasteiger partial charge < -0.3 is 94.6 Å².